The van der Waals surface area contributed by atoms with Gasteiger partial charge in [0.2, 0.25) is 11.8 Å². The number of likely N-dealkylation sites (tertiary alicyclic amines) is 1. The Morgan fingerprint density at radius 3 is 2.60 bits per heavy atom. The number of piperidine rings is 1. The molecule has 11 nitrogen and oxygen atoms in total. The number of halogens is 1. The molecule has 0 bridgehead atoms. The molecule has 4 atom stereocenters. The van der Waals surface area contributed by atoms with Crippen LogP contribution < -0.4 is 5.32 Å². The van der Waals surface area contributed by atoms with Gasteiger partial charge in [-0.2, -0.15) is 5.10 Å². The highest BCUT2D eigenvalue weighted by molar-refractivity contribution is 9.10. The summed E-state index contributed by atoms with van der Waals surface area (Å²) in [4.78, 5) is 46.4. The predicted octanol–water partition coefficient (Wildman–Crippen LogP) is 3.73. The molecule has 2 fully saturated rings. The molecule has 2 aliphatic rings. The van der Waals surface area contributed by atoms with Crippen molar-refractivity contribution in [2.45, 2.75) is 65.3 Å². The second kappa shape index (κ2) is 9.70. The number of carbonyl (C=O) groups is 2. The van der Waals surface area contributed by atoms with Gasteiger partial charge in [0.25, 0.3) is 0 Å². The zero-order chi connectivity index (χ0) is 28.3. The van der Waals surface area contributed by atoms with Crippen LogP contribution in [0.2, 0.25) is 0 Å². The van der Waals surface area contributed by atoms with Crippen LogP contribution in [0, 0.1) is 19.3 Å². The molecule has 5 heterocycles. The van der Waals surface area contributed by atoms with Gasteiger partial charge in [-0.05, 0) is 72.7 Å². The second-order valence-electron chi connectivity index (χ2n) is 11.0. The van der Waals surface area contributed by atoms with Crippen molar-refractivity contribution in [3.05, 3.63) is 58.5 Å². The molecule has 1 saturated heterocycles. The van der Waals surface area contributed by atoms with E-state index in [1.54, 1.807) is 30.4 Å². The van der Waals surface area contributed by atoms with E-state index in [0.29, 0.717) is 39.4 Å². The molecule has 2 unspecified atom stereocenters. The Balaban J connectivity index is 1.28. The van der Waals surface area contributed by atoms with Gasteiger partial charge < -0.3 is 15.3 Å². The first kappa shape index (κ1) is 26.5. The van der Waals surface area contributed by atoms with Crippen LogP contribution >= 0.6 is 15.9 Å². The first-order valence-electron chi connectivity index (χ1n) is 13.1. The van der Waals surface area contributed by atoms with Crippen LogP contribution in [-0.2, 0) is 16.1 Å². The van der Waals surface area contributed by atoms with Crippen molar-refractivity contribution in [3.8, 4) is 11.1 Å². The van der Waals surface area contributed by atoms with Crippen LogP contribution in [0.5, 0.6) is 0 Å². The predicted molar refractivity (Wildman–Crippen MR) is 151 cm³/mol. The van der Waals surface area contributed by atoms with Crippen molar-refractivity contribution < 1.29 is 14.7 Å². The van der Waals surface area contributed by atoms with Crippen molar-refractivity contribution in [2.75, 3.05) is 5.32 Å². The minimum Gasteiger partial charge on any atom is -0.387 e. The number of aliphatic hydroxyl groups excluding tert-OH is 1. The monoisotopic (exact) mass is 604 g/mol. The summed E-state index contributed by atoms with van der Waals surface area (Å²) < 4.78 is 2.13. The largest absolute Gasteiger partial charge is 0.387 e. The van der Waals surface area contributed by atoms with E-state index in [0.717, 1.165) is 23.1 Å². The van der Waals surface area contributed by atoms with E-state index in [4.69, 9.17) is 0 Å². The molecule has 2 amide bonds. The summed E-state index contributed by atoms with van der Waals surface area (Å²) in [6, 6.07) is 4.94. The van der Waals surface area contributed by atoms with E-state index in [1.807, 2.05) is 32.0 Å². The second-order valence-corrected chi connectivity index (χ2v) is 11.8. The van der Waals surface area contributed by atoms with Crippen molar-refractivity contribution in [2.24, 2.45) is 5.41 Å². The van der Waals surface area contributed by atoms with E-state index < -0.39 is 12.1 Å². The van der Waals surface area contributed by atoms with Crippen molar-refractivity contribution in [3.63, 3.8) is 0 Å². The maximum atomic E-state index is 13.8. The Bertz CT molecular complexity index is 1650. The van der Waals surface area contributed by atoms with E-state index in [2.05, 4.69) is 53.2 Å². The molecule has 1 saturated carbocycles. The molecule has 40 heavy (non-hydrogen) atoms. The topological polar surface area (TPSA) is 139 Å². The number of nitrogens with one attached hydrogen (secondary N) is 1. The number of fused-ring (bicyclic) bond motifs is 2. The van der Waals surface area contributed by atoms with Crippen LogP contribution in [0.3, 0.4) is 0 Å². The maximum absolute atomic E-state index is 13.8. The molecule has 0 spiro atoms. The molecule has 12 heteroatoms. The summed E-state index contributed by atoms with van der Waals surface area (Å²) in [5.74, 6) is 0.659. The number of aromatic nitrogens is 6. The summed E-state index contributed by atoms with van der Waals surface area (Å²) in [7, 11) is 0. The van der Waals surface area contributed by atoms with Crippen molar-refractivity contribution in [1.82, 2.24) is 34.6 Å². The minimum atomic E-state index is -0.872. The van der Waals surface area contributed by atoms with Gasteiger partial charge in [-0.15, -0.1) is 0 Å². The number of rotatable bonds is 6. The van der Waals surface area contributed by atoms with E-state index in [-0.39, 0.29) is 29.8 Å². The first-order chi connectivity index (χ1) is 19.0. The molecule has 6 rings (SSSR count). The van der Waals surface area contributed by atoms with Gasteiger partial charge in [0.15, 0.2) is 5.65 Å². The maximum Gasteiger partial charge on any atom is 0.248 e. The minimum absolute atomic E-state index is 0.00789. The van der Waals surface area contributed by atoms with E-state index in [1.165, 1.54) is 4.68 Å². The summed E-state index contributed by atoms with van der Waals surface area (Å²) in [5.41, 5.74) is 3.22. The quantitative estimate of drug-likeness (QED) is 0.317. The molecule has 206 valence electrons. The third kappa shape index (κ3) is 4.64. The number of pyridine rings is 2. The molecule has 0 radical (unpaired) electrons. The standard InChI is InChI=1S/C28H29BrN8O3/c1-14-5-6-22(29)33-25(14)34-27(40)20-8-28(4)9-21(28)37(20)23(39)13-36-26-19(24(35-36)15(2)38)7-17(10-32-26)18-11-30-16(3)31-12-18/h5-7,10-12,15,20-21,38H,8-9,13H2,1-4H3,(H,33,34,40)/t15?,20-,21?,28-/m0/s1. The highest BCUT2D eigenvalue weighted by atomic mass is 79.9. The van der Waals surface area contributed by atoms with Crippen LogP contribution in [0.15, 0.2) is 41.4 Å². The van der Waals surface area contributed by atoms with Gasteiger partial charge in [0, 0.05) is 41.1 Å². The Hall–Kier alpha value is -3.77. The first-order valence-corrected chi connectivity index (χ1v) is 13.9. The Morgan fingerprint density at radius 2 is 1.88 bits per heavy atom. The average Bonchev–Trinajstić information content (AvgIpc) is 3.28. The zero-order valence-corrected chi connectivity index (χ0v) is 24.2. The normalized spacial score (nSPS) is 22.3. The molecule has 2 N–H and O–H groups in total. The van der Waals surface area contributed by atoms with Gasteiger partial charge in [-0.1, -0.05) is 13.0 Å². The smallest absolute Gasteiger partial charge is 0.248 e. The fourth-order valence-electron chi connectivity index (χ4n) is 5.60. The van der Waals surface area contributed by atoms with Crippen LogP contribution in [-0.4, -0.2) is 63.6 Å². The lowest BCUT2D eigenvalue weighted by molar-refractivity contribution is -0.138. The highest BCUT2D eigenvalue weighted by Gasteiger charge is 2.64. The number of anilines is 1. The molecule has 4 aromatic rings. The number of aryl methyl sites for hydroxylation is 2. The lowest BCUT2D eigenvalue weighted by Gasteiger charge is -2.27. The molecule has 0 aromatic carbocycles. The summed E-state index contributed by atoms with van der Waals surface area (Å²) >= 11 is 3.35. The van der Waals surface area contributed by atoms with Gasteiger partial charge in [0.05, 0.1) is 6.10 Å². The summed E-state index contributed by atoms with van der Waals surface area (Å²) in [6.07, 6.45) is 5.69. The number of hydrogen-bond donors (Lipinski definition) is 2. The number of carbonyl (C=O) groups excluding carboxylic acids is 2. The van der Waals surface area contributed by atoms with Crippen LogP contribution in [0.25, 0.3) is 22.2 Å². The lowest BCUT2D eigenvalue weighted by atomic mass is 10.0. The average molecular weight is 605 g/mol. The third-order valence-corrected chi connectivity index (χ3v) is 8.38. The SMILES string of the molecule is Cc1ncc(-c2cnc3c(c2)c(C(C)O)nn3CC(=O)N2C3C[C@]3(C)C[C@H]2C(=O)Nc2nc(Br)ccc2C)cn1. The molecular weight excluding hydrogens is 576 g/mol. The zero-order valence-electron chi connectivity index (χ0n) is 22.6. The van der Waals surface area contributed by atoms with Crippen molar-refractivity contribution in [1.29, 1.82) is 0 Å². The highest BCUT2D eigenvalue weighted by Crippen LogP contribution is 2.59. The fourth-order valence-corrected chi connectivity index (χ4v) is 5.91. The number of aliphatic hydroxyl groups is 1. The Labute approximate surface area is 239 Å². The molecule has 1 aliphatic heterocycles. The van der Waals surface area contributed by atoms with E-state index >= 15 is 0 Å². The Morgan fingerprint density at radius 1 is 1.15 bits per heavy atom. The van der Waals surface area contributed by atoms with Crippen molar-refractivity contribution >= 4 is 44.6 Å². The molecular formula is C28H29BrN8O3. The van der Waals surface area contributed by atoms with Gasteiger partial charge in [-0.3, -0.25) is 9.59 Å². The molecule has 1 aliphatic carbocycles. The van der Waals surface area contributed by atoms with Gasteiger partial charge in [-0.25, -0.2) is 24.6 Å². The van der Waals surface area contributed by atoms with E-state index in [9.17, 15) is 14.7 Å². The van der Waals surface area contributed by atoms with Crippen LogP contribution in [0.1, 0.15) is 49.9 Å². The Kier molecular flexibility index (Phi) is 6.42. The fraction of sp³-hybridized carbons (Fsp3) is 0.393. The number of nitrogens with zero attached hydrogens (tertiary/aromatic N) is 7. The number of hydrogen-bond acceptors (Lipinski definition) is 8. The summed E-state index contributed by atoms with van der Waals surface area (Å²) in [6.45, 7) is 7.33. The number of amides is 2. The molecule has 4 aromatic heterocycles. The van der Waals surface area contributed by atoms with Gasteiger partial charge >= 0.3 is 0 Å². The van der Waals surface area contributed by atoms with Crippen LogP contribution in [0.4, 0.5) is 5.82 Å². The van der Waals surface area contributed by atoms with Gasteiger partial charge in [0.1, 0.15) is 34.5 Å². The lowest BCUT2D eigenvalue weighted by Crippen LogP contribution is -2.47. The summed E-state index contributed by atoms with van der Waals surface area (Å²) in [5, 5.41) is 18.6. The third-order valence-electron chi connectivity index (χ3n) is 7.94.